The molecule has 24 heavy (non-hydrogen) atoms. The molecule has 0 bridgehead atoms. The number of hydrogen-bond acceptors (Lipinski definition) is 2. The van der Waals surface area contributed by atoms with Crippen LogP contribution in [0, 0.1) is 0 Å². The van der Waals surface area contributed by atoms with E-state index < -0.39 is 0 Å². The maximum absolute atomic E-state index is 4.92. The summed E-state index contributed by atoms with van der Waals surface area (Å²) in [6.45, 7) is 4.35. The Kier molecular flexibility index (Phi) is 3.62. The molecule has 4 rings (SSSR count). The summed E-state index contributed by atoms with van der Waals surface area (Å²) >= 11 is 0. The Morgan fingerprint density at radius 3 is 2.21 bits per heavy atom. The highest BCUT2D eigenvalue weighted by atomic mass is 15.3. The molecule has 2 heterocycles. The van der Waals surface area contributed by atoms with E-state index in [0.29, 0.717) is 5.92 Å². The van der Waals surface area contributed by atoms with Crippen LogP contribution in [0.25, 0.3) is 27.8 Å². The molecule has 0 spiro atoms. The van der Waals surface area contributed by atoms with E-state index >= 15 is 0 Å². The third-order valence-electron chi connectivity index (χ3n) is 4.17. The van der Waals surface area contributed by atoms with Crippen LogP contribution in [0.1, 0.15) is 25.5 Å². The molecule has 0 N–H and O–H groups in total. The van der Waals surface area contributed by atoms with Crippen LogP contribution >= 0.6 is 0 Å². The van der Waals surface area contributed by atoms with Crippen molar-refractivity contribution in [1.29, 1.82) is 0 Å². The van der Waals surface area contributed by atoms with Crippen molar-refractivity contribution in [2.45, 2.75) is 19.8 Å². The van der Waals surface area contributed by atoms with E-state index in [2.05, 4.69) is 50.4 Å². The zero-order chi connectivity index (χ0) is 16.5. The van der Waals surface area contributed by atoms with E-state index in [1.165, 1.54) is 0 Å². The van der Waals surface area contributed by atoms with Crippen LogP contribution in [0.4, 0.5) is 0 Å². The Morgan fingerprint density at radius 2 is 1.54 bits per heavy atom. The first kappa shape index (κ1) is 14.6. The molecule has 3 heteroatoms. The minimum Gasteiger partial charge on any atom is -0.252 e. The van der Waals surface area contributed by atoms with E-state index in [-0.39, 0.29) is 0 Å². The Balaban J connectivity index is 1.93. The van der Waals surface area contributed by atoms with Crippen molar-refractivity contribution in [3.05, 3.63) is 78.6 Å². The van der Waals surface area contributed by atoms with Gasteiger partial charge in [0, 0.05) is 17.1 Å². The number of pyridine rings is 1. The van der Waals surface area contributed by atoms with E-state index in [1.54, 1.807) is 0 Å². The predicted octanol–water partition coefficient (Wildman–Crippen LogP) is 5.21. The van der Waals surface area contributed by atoms with Crippen LogP contribution in [-0.2, 0) is 0 Å². The first-order chi connectivity index (χ1) is 11.7. The number of nitrogens with zero attached hydrogens (tertiary/aromatic N) is 3. The van der Waals surface area contributed by atoms with Gasteiger partial charge in [-0.2, -0.15) is 5.10 Å². The summed E-state index contributed by atoms with van der Waals surface area (Å²) < 4.78 is 1.94. The monoisotopic (exact) mass is 313 g/mol. The molecule has 118 valence electrons. The summed E-state index contributed by atoms with van der Waals surface area (Å²) in [6.07, 6.45) is 2.09. The molecule has 0 aliphatic carbocycles. The van der Waals surface area contributed by atoms with Crippen LogP contribution in [0.15, 0.2) is 72.9 Å². The molecule has 0 fully saturated rings. The van der Waals surface area contributed by atoms with Gasteiger partial charge < -0.3 is 0 Å². The third-order valence-corrected chi connectivity index (χ3v) is 4.17. The Bertz CT molecular complexity index is 970. The average Bonchev–Trinajstić information content (AvgIpc) is 3.06. The van der Waals surface area contributed by atoms with Crippen LogP contribution in [0.3, 0.4) is 0 Å². The number of rotatable bonds is 3. The van der Waals surface area contributed by atoms with E-state index in [1.807, 2.05) is 41.1 Å². The minimum atomic E-state index is 0.338. The SMILES string of the molecule is CC(C)c1nc(-c2ccccc2)cc2nn(-c3ccccc3)cc12. The highest BCUT2D eigenvalue weighted by Gasteiger charge is 2.14. The largest absolute Gasteiger partial charge is 0.252 e. The van der Waals surface area contributed by atoms with Gasteiger partial charge in [-0.25, -0.2) is 4.68 Å². The second-order valence-corrected chi connectivity index (χ2v) is 6.26. The summed E-state index contributed by atoms with van der Waals surface area (Å²) in [5.74, 6) is 0.338. The highest BCUT2D eigenvalue weighted by Crippen LogP contribution is 2.29. The highest BCUT2D eigenvalue weighted by molar-refractivity contribution is 5.85. The normalized spacial score (nSPS) is 11.3. The quantitative estimate of drug-likeness (QED) is 0.520. The standard InChI is InChI=1S/C21H19N3/c1-15(2)21-18-14-24(17-11-7-4-8-12-17)23-20(18)13-19(22-21)16-9-5-3-6-10-16/h3-15H,1-2H3. The summed E-state index contributed by atoms with van der Waals surface area (Å²) in [5.41, 5.74) is 5.23. The third kappa shape index (κ3) is 2.58. The maximum atomic E-state index is 4.92. The lowest BCUT2D eigenvalue weighted by molar-refractivity contribution is 0.836. The molecule has 0 atom stereocenters. The Labute approximate surface area is 141 Å². The van der Waals surface area contributed by atoms with Gasteiger partial charge in [0.15, 0.2) is 0 Å². The summed E-state index contributed by atoms with van der Waals surface area (Å²) in [5, 5.41) is 5.91. The van der Waals surface area contributed by atoms with Gasteiger partial charge in [-0.1, -0.05) is 62.4 Å². The van der Waals surface area contributed by atoms with Gasteiger partial charge in [-0.3, -0.25) is 4.98 Å². The smallest absolute Gasteiger partial charge is 0.0967 e. The zero-order valence-electron chi connectivity index (χ0n) is 13.8. The fourth-order valence-corrected chi connectivity index (χ4v) is 2.95. The van der Waals surface area contributed by atoms with Crippen molar-refractivity contribution in [2.24, 2.45) is 0 Å². The summed E-state index contributed by atoms with van der Waals surface area (Å²) in [4.78, 5) is 4.92. The van der Waals surface area contributed by atoms with Crippen LogP contribution in [-0.4, -0.2) is 14.8 Å². The van der Waals surface area contributed by atoms with Gasteiger partial charge in [-0.15, -0.1) is 0 Å². The fraction of sp³-hybridized carbons (Fsp3) is 0.143. The molecule has 2 aromatic heterocycles. The van der Waals surface area contributed by atoms with Crippen molar-refractivity contribution >= 4 is 10.9 Å². The first-order valence-corrected chi connectivity index (χ1v) is 8.23. The molecule has 0 aliphatic rings. The van der Waals surface area contributed by atoms with Crippen LogP contribution < -0.4 is 0 Å². The van der Waals surface area contributed by atoms with E-state index in [9.17, 15) is 0 Å². The number of para-hydroxylation sites is 1. The van der Waals surface area contributed by atoms with Gasteiger partial charge in [0.1, 0.15) is 0 Å². The van der Waals surface area contributed by atoms with Gasteiger partial charge in [0.05, 0.1) is 22.6 Å². The van der Waals surface area contributed by atoms with Gasteiger partial charge in [-0.05, 0) is 24.1 Å². The molecular formula is C21H19N3. The molecule has 3 nitrogen and oxygen atoms in total. The van der Waals surface area contributed by atoms with Gasteiger partial charge >= 0.3 is 0 Å². The maximum Gasteiger partial charge on any atom is 0.0967 e. The number of benzene rings is 2. The minimum absolute atomic E-state index is 0.338. The van der Waals surface area contributed by atoms with Gasteiger partial charge in [0.25, 0.3) is 0 Å². The molecule has 2 aromatic carbocycles. The number of aromatic nitrogens is 3. The Morgan fingerprint density at radius 1 is 0.875 bits per heavy atom. The van der Waals surface area contributed by atoms with Crippen molar-refractivity contribution in [2.75, 3.05) is 0 Å². The summed E-state index contributed by atoms with van der Waals surface area (Å²) in [6, 6.07) is 22.6. The average molecular weight is 313 g/mol. The molecule has 0 unspecified atom stereocenters. The molecule has 0 aliphatic heterocycles. The number of hydrogen-bond donors (Lipinski definition) is 0. The van der Waals surface area contributed by atoms with Crippen molar-refractivity contribution in [1.82, 2.24) is 14.8 Å². The second-order valence-electron chi connectivity index (χ2n) is 6.26. The van der Waals surface area contributed by atoms with E-state index in [0.717, 1.165) is 33.5 Å². The Hall–Kier alpha value is -2.94. The zero-order valence-corrected chi connectivity index (χ0v) is 13.8. The van der Waals surface area contributed by atoms with Crippen molar-refractivity contribution < 1.29 is 0 Å². The lowest BCUT2D eigenvalue weighted by Crippen LogP contribution is -1.95. The van der Waals surface area contributed by atoms with Crippen LogP contribution in [0.5, 0.6) is 0 Å². The van der Waals surface area contributed by atoms with Crippen molar-refractivity contribution in [3.8, 4) is 16.9 Å². The fourth-order valence-electron chi connectivity index (χ4n) is 2.95. The predicted molar refractivity (Wildman–Crippen MR) is 98.4 cm³/mol. The van der Waals surface area contributed by atoms with Gasteiger partial charge in [0.2, 0.25) is 0 Å². The van der Waals surface area contributed by atoms with E-state index in [4.69, 9.17) is 10.1 Å². The lowest BCUT2D eigenvalue weighted by Gasteiger charge is -2.09. The first-order valence-electron chi connectivity index (χ1n) is 8.23. The summed E-state index contributed by atoms with van der Waals surface area (Å²) in [7, 11) is 0. The topological polar surface area (TPSA) is 30.7 Å². The molecule has 0 saturated carbocycles. The molecule has 0 saturated heterocycles. The second kappa shape index (κ2) is 5.93. The molecule has 4 aromatic rings. The van der Waals surface area contributed by atoms with Crippen LogP contribution in [0.2, 0.25) is 0 Å². The molecule has 0 radical (unpaired) electrons. The molecule has 0 amide bonds. The molecular weight excluding hydrogens is 294 g/mol. The lowest BCUT2D eigenvalue weighted by atomic mass is 10.0. The number of fused-ring (bicyclic) bond motifs is 1. The van der Waals surface area contributed by atoms with Crippen molar-refractivity contribution in [3.63, 3.8) is 0 Å².